The van der Waals surface area contributed by atoms with Crippen molar-refractivity contribution in [2.75, 3.05) is 44.2 Å². The molecule has 0 radical (unpaired) electrons. The number of amides is 1. The molecule has 0 aromatic heterocycles. The van der Waals surface area contributed by atoms with Gasteiger partial charge in [-0.2, -0.15) is 0 Å². The van der Waals surface area contributed by atoms with E-state index in [4.69, 9.17) is 23.8 Å². The number of anilines is 1. The second-order valence-corrected chi connectivity index (χ2v) is 7.99. The second-order valence-electron chi connectivity index (χ2n) is 7.19. The van der Waals surface area contributed by atoms with Crippen molar-refractivity contribution in [3.63, 3.8) is 0 Å². The fraction of sp³-hybridized carbons (Fsp3) is 0.381. The maximum atomic E-state index is 12.7. The van der Waals surface area contributed by atoms with Crippen LogP contribution < -0.4 is 4.90 Å². The molecular weight excluding hydrogens is 392 g/mol. The Hall–Kier alpha value is -2.02. The molecule has 7 heteroatoms. The number of halogens is 1. The third-order valence-electron chi connectivity index (χ3n) is 5.39. The van der Waals surface area contributed by atoms with E-state index in [0.29, 0.717) is 11.7 Å². The summed E-state index contributed by atoms with van der Waals surface area (Å²) in [6.45, 7) is 5.54. The summed E-state index contributed by atoms with van der Waals surface area (Å²) in [5.41, 5.74) is 1.94. The first-order chi connectivity index (χ1) is 13.6. The lowest BCUT2D eigenvalue weighted by Crippen LogP contribution is -2.48. The van der Waals surface area contributed by atoms with Crippen molar-refractivity contribution in [2.24, 2.45) is 10.9 Å². The Morgan fingerprint density at radius 3 is 2.75 bits per heavy atom. The van der Waals surface area contributed by atoms with E-state index in [2.05, 4.69) is 20.9 Å². The molecule has 1 aromatic rings. The fourth-order valence-corrected chi connectivity index (χ4v) is 4.31. The van der Waals surface area contributed by atoms with Gasteiger partial charge in [0.1, 0.15) is 0 Å². The van der Waals surface area contributed by atoms with E-state index in [1.54, 1.807) is 4.90 Å². The van der Waals surface area contributed by atoms with Crippen molar-refractivity contribution in [1.82, 2.24) is 9.80 Å². The number of rotatable bonds is 5. The summed E-state index contributed by atoms with van der Waals surface area (Å²) in [5.74, 6) is -0.237. The van der Waals surface area contributed by atoms with Crippen molar-refractivity contribution < 1.29 is 4.79 Å². The number of allylic oxidation sites excluding steroid dienone is 3. The maximum absolute atomic E-state index is 12.7. The first-order valence-electron chi connectivity index (χ1n) is 9.63. The first-order valence-corrected chi connectivity index (χ1v) is 10.4. The zero-order chi connectivity index (χ0) is 19.5. The molecule has 3 aliphatic rings. The summed E-state index contributed by atoms with van der Waals surface area (Å²) in [6.07, 6.45) is 8.44. The normalized spacial score (nSPS) is 22.5. The smallest absolute Gasteiger partial charge is 0.241 e. The Morgan fingerprint density at radius 1 is 1.14 bits per heavy atom. The van der Waals surface area contributed by atoms with Crippen LogP contribution in [0.15, 0.2) is 53.6 Å². The van der Waals surface area contributed by atoms with Crippen LogP contribution in [0.5, 0.6) is 0 Å². The number of hydrogen-bond donors (Lipinski definition) is 0. The number of piperazine rings is 1. The van der Waals surface area contributed by atoms with Crippen molar-refractivity contribution in [1.29, 1.82) is 0 Å². The topological polar surface area (TPSA) is 39.2 Å². The van der Waals surface area contributed by atoms with Crippen LogP contribution in [-0.2, 0) is 4.79 Å². The molecule has 0 spiro atoms. The largest absolute Gasteiger partial charge is 0.369 e. The number of thiocarbonyl (C=S) groups is 1. The van der Waals surface area contributed by atoms with E-state index < -0.39 is 0 Å². The highest BCUT2D eigenvalue weighted by molar-refractivity contribution is 7.80. The first kappa shape index (κ1) is 19.3. The predicted octanol–water partition coefficient (Wildman–Crippen LogP) is 3.16. The highest BCUT2D eigenvalue weighted by atomic mass is 35.5. The number of carbonyl (C=O) groups excluding carboxylic acids is 1. The van der Waals surface area contributed by atoms with Crippen LogP contribution in [0.2, 0.25) is 5.02 Å². The number of carbonyl (C=O) groups is 1. The van der Waals surface area contributed by atoms with E-state index in [0.717, 1.165) is 49.9 Å². The van der Waals surface area contributed by atoms with Crippen molar-refractivity contribution >= 4 is 46.2 Å². The number of aliphatic imine (C=N–C) groups is 1. The van der Waals surface area contributed by atoms with E-state index in [-0.39, 0.29) is 11.8 Å². The number of fused-ring (bicyclic) bond motifs is 1. The molecule has 1 saturated heterocycles. The van der Waals surface area contributed by atoms with Gasteiger partial charge in [0.05, 0.1) is 11.6 Å². The highest BCUT2D eigenvalue weighted by Crippen LogP contribution is 2.22. The average Bonchev–Trinajstić information content (AvgIpc) is 2.71. The molecule has 0 saturated carbocycles. The van der Waals surface area contributed by atoms with Gasteiger partial charge in [-0.15, -0.1) is 0 Å². The van der Waals surface area contributed by atoms with Crippen LogP contribution in [0.25, 0.3) is 0 Å². The third kappa shape index (κ3) is 4.19. The lowest BCUT2D eigenvalue weighted by Gasteiger charge is -2.36. The van der Waals surface area contributed by atoms with Crippen LogP contribution in [-0.4, -0.2) is 65.8 Å². The molecule has 5 nitrogen and oxygen atoms in total. The Balaban J connectivity index is 1.26. The van der Waals surface area contributed by atoms with Gasteiger partial charge >= 0.3 is 0 Å². The van der Waals surface area contributed by atoms with Crippen LogP contribution >= 0.6 is 23.8 Å². The summed E-state index contributed by atoms with van der Waals surface area (Å²) in [5, 5.41) is 1.16. The van der Waals surface area contributed by atoms with Gasteiger partial charge in [-0.25, -0.2) is 4.99 Å². The zero-order valence-corrected chi connectivity index (χ0v) is 17.2. The molecule has 2 heterocycles. The van der Waals surface area contributed by atoms with Crippen molar-refractivity contribution in [2.45, 2.75) is 6.42 Å². The van der Waals surface area contributed by atoms with Gasteiger partial charge in [0.15, 0.2) is 0 Å². The molecule has 1 unspecified atom stereocenters. The molecule has 1 atom stereocenters. The Bertz CT molecular complexity index is 858. The summed E-state index contributed by atoms with van der Waals surface area (Å²) in [4.78, 5) is 23.6. The molecule has 1 fully saturated rings. The summed E-state index contributed by atoms with van der Waals surface area (Å²) in [6, 6.07) is 8.02. The maximum Gasteiger partial charge on any atom is 0.241 e. The lowest BCUT2D eigenvalue weighted by molar-refractivity contribution is -0.128. The minimum absolute atomic E-state index is 0.0429. The SMILES string of the molecule is O=C1C2C=CC=CC2=NC(=S)N1CCCN1CCN(c2cccc(Cl)c2)CC1. The molecule has 0 N–H and O–H groups in total. The lowest BCUT2D eigenvalue weighted by atomic mass is 9.95. The monoisotopic (exact) mass is 414 g/mol. The average molecular weight is 415 g/mol. The van der Waals surface area contributed by atoms with E-state index in [1.807, 2.05) is 42.5 Å². The molecular formula is C21H23ClN4OS. The number of benzene rings is 1. The quantitative estimate of drug-likeness (QED) is 0.694. The predicted molar refractivity (Wildman–Crippen MR) is 118 cm³/mol. The minimum Gasteiger partial charge on any atom is -0.369 e. The molecule has 2 aliphatic heterocycles. The van der Waals surface area contributed by atoms with Gasteiger partial charge in [0.2, 0.25) is 11.0 Å². The van der Waals surface area contributed by atoms with Gasteiger partial charge in [-0.1, -0.05) is 35.9 Å². The van der Waals surface area contributed by atoms with Crippen LogP contribution in [0, 0.1) is 5.92 Å². The third-order valence-corrected chi connectivity index (χ3v) is 5.94. The van der Waals surface area contributed by atoms with E-state index >= 15 is 0 Å². The number of hydrogen-bond acceptors (Lipinski definition) is 4. The fourth-order valence-electron chi connectivity index (χ4n) is 3.84. The van der Waals surface area contributed by atoms with Gasteiger partial charge in [-0.05, 0) is 49.5 Å². The van der Waals surface area contributed by atoms with Crippen LogP contribution in [0.4, 0.5) is 5.69 Å². The van der Waals surface area contributed by atoms with Crippen molar-refractivity contribution in [3.05, 3.63) is 53.6 Å². The second kappa shape index (κ2) is 8.55. The van der Waals surface area contributed by atoms with Crippen LogP contribution in [0.1, 0.15) is 6.42 Å². The van der Waals surface area contributed by atoms with Gasteiger partial charge in [-0.3, -0.25) is 14.6 Å². The van der Waals surface area contributed by atoms with Gasteiger partial charge < -0.3 is 4.90 Å². The standard InChI is InChI=1S/C21H23ClN4OS/c22-16-5-3-6-17(15-16)25-13-11-24(12-14-25)9-4-10-26-20(27)18-7-1-2-8-19(18)23-21(26)28/h1-3,5-8,15,18H,4,9-14H2. The molecule has 28 heavy (non-hydrogen) atoms. The summed E-state index contributed by atoms with van der Waals surface area (Å²) >= 11 is 11.5. The molecule has 1 aliphatic carbocycles. The Morgan fingerprint density at radius 2 is 1.96 bits per heavy atom. The molecule has 146 valence electrons. The number of nitrogens with zero attached hydrogens (tertiary/aromatic N) is 4. The summed E-state index contributed by atoms with van der Waals surface area (Å²) < 4.78 is 0. The molecule has 0 bridgehead atoms. The Labute approximate surface area is 176 Å². The summed E-state index contributed by atoms with van der Waals surface area (Å²) in [7, 11) is 0. The van der Waals surface area contributed by atoms with Gasteiger partial charge in [0.25, 0.3) is 0 Å². The van der Waals surface area contributed by atoms with Crippen LogP contribution in [0.3, 0.4) is 0 Å². The van der Waals surface area contributed by atoms with E-state index in [1.165, 1.54) is 5.69 Å². The van der Waals surface area contributed by atoms with Crippen molar-refractivity contribution in [3.8, 4) is 0 Å². The minimum atomic E-state index is -0.280. The zero-order valence-electron chi connectivity index (χ0n) is 15.6. The molecule has 1 amide bonds. The molecule has 1 aromatic carbocycles. The van der Waals surface area contributed by atoms with Gasteiger partial charge in [0, 0.05) is 43.4 Å². The highest BCUT2D eigenvalue weighted by Gasteiger charge is 2.33. The van der Waals surface area contributed by atoms with E-state index in [9.17, 15) is 4.79 Å². The molecule has 4 rings (SSSR count). The Kier molecular flexibility index (Phi) is 5.90.